The smallest absolute Gasteiger partial charge is 0.243 e. The summed E-state index contributed by atoms with van der Waals surface area (Å²) in [6, 6.07) is 8.80. The molecule has 3 nitrogen and oxygen atoms in total. The van der Waals surface area contributed by atoms with Gasteiger partial charge in [0, 0.05) is 11.6 Å². The zero-order valence-corrected chi connectivity index (χ0v) is 17.9. The fourth-order valence-corrected chi connectivity index (χ4v) is 4.23. The Morgan fingerprint density at radius 1 is 1.00 bits per heavy atom. The predicted octanol–water partition coefficient (Wildman–Crippen LogP) is 5.80. The molecule has 0 aliphatic heterocycles. The van der Waals surface area contributed by atoms with Gasteiger partial charge >= 0.3 is 0 Å². The van der Waals surface area contributed by atoms with Crippen molar-refractivity contribution >= 4 is 11.6 Å². The average Bonchev–Trinajstić information content (AvgIpc) is 3.39. The molecule has 2 saturated carbocycles. The van der Waals surface area contributed by atoms with Gasteiger partial charge in [0.1, 0.15) is 0 Å². The third kappa shape index (κ3) is 5.00. The highest BCUT2D eigenvalue weighted by atomic mass is 16.2. The van der Waals surface area contributed by atoms with E-state index in [1.807, 2.05) is 0 Å². The van der Waals surface area contributed by atoms with E-state index in [4.69, 9.17) is 0 Å². The SMILES string of the molecule is CC(C)(C)c1ccc([C@@H]2C[C@@H]2C(=O)NN=C2CCC(C(C)(C)C)CC2)cc1. The van der Waals surface area contributed by atoms with Crippen LogP contribution in [0.2, 0.25) is 0 Å². The van der Waals surface area contributed by atoms with Gasteiger partial charge in [-0.05, 0) is 65.9 Å². The van der Waals surface area contributed by atoms with Crippen LogP contribution in [0.3, 0.4) is 0 Å². The van der Waals surface area contributed by atoms with Crippen molar-refractivity contribution in [1.82, 2.24) is 5.43 Å². The number of nitrogens with zero attached hydrogens (tertiary/aromatic N) is 1. The Kier molecular flexibility index (Phi) is 5.52. The molecule has 0 heterocycles. The number of hydrogen-bond donors (Lipinski definition) is 1. The van der Waals surface area contributed by atoms with Crippen molar-refractivity contribution in [1.29, 1.82) is 0 Å². The van der Waals surface area contributed by atoms with Crippen LogP contribution in [0.4, 0.5) is 0 Å². The number of hydrogen-bond acceptors (Lipinski definition) is 2. The van der Waals surface area contributed by atoms with E-state index in [0.717, 1.165) is 30.9 Å². The summed E-state index contributed by atoms with van der Waals surface area (Å²) in [5.74, 6) is 1.29. The second-order valence-corrected chi connectivity index (χ2v) is 10.6. The number of carbonyl (C=O) groups is 1. The molecule has 2 atom stereocenters. The van der Waals surface area contributed by atoms with E-state index in [-0.39, 0.29) is 17.2 Å². The molecule has 0 saturated heterocycles. The van der Waals surface area contributed by atoms with Gasteiger partial charge in [0.25, 0.3) is 0 Å². The summed E-state index contributed by atoms with van der Waals surface area (Å²) in [4.78, 5) is 12.5. The molecule has 1 aromatic carbocycles. The maximum absolute atomic E-state index is 12.5. The van der Waals surface area contributed by atoms with Crippen molar-refractivity contribution < 1.29 is 4.79 Å². The van der Waals surface area contributed by atoms with Crippen LogP contribution in [-0.4, -0.2) is 11.6 Å². The number of benzene rings is 1. The molecular formula is C24H36N2O. The van der Waals surface area contributed by atoms with Gasteiger partial charge in [-0.15, -0.1) is 0 Å². The Labute approximate surface area is 165 Å². The molecule has 1 amide bonds. The second kappa shape index (κ2) is 7.41. The van der Waals surface area contributed by atoms with Crippen LogP contribution < -0.4 is 5.43 Å². The Balaban J connectivity index is 1.49. The first-order valence-electron chi connectivity index (χ1n) is 10.5. The second-order valence-electron chi connectivity index (χ2n) is 10.6. The first-order valence-corrected chi connectivity index (χ1v) is 10.5. The van der Waals surface area contributed by atoms with Gasteiger partial charge in [-0.2, -0.15) is 5.10 Å². The molecular weight excluding hydrogens is 332 g/mol. The maximum atomic E-state index is 12.5. The zero-order valence-electron chi connectivity index (χ0n) is 17.9. The Morgan fingerprint density at radius 2 is 1.59 bits per heavy atom. The van der Waals surface area contributed by atoms with Crippen molar-refractivity contribution in [3.63, 3.8) is 0 Å². The minimum absolute atomic E-state index is 0.0840. The van der Waals surface area contributed by atoms with E-state index in [9.17, 15) is 4.79 Å². The molecule has 0 unspecified atom stereocenters. The molecule has 3 heteroatoms. The minimum atomic E-state index is 0.0840. The van der Waals surface area contributed by atoms with Crippen molar-refractivity contribution in [2.24, 2.45) is 22.4 Å². The van der Waals surface area contributed by atoms with Crippen LogP contribution in [0, 0.1) is 17.3 Å². The van der Waals surface area contributed by atoms with E-state index < -0.39 is 0 Å². The largest absolute Gasteiger partial charge is 0.273 e. The highest BCUT2D eigenvalue weighted by Crippen LogP contribution is 2.47. The van der Waals surface area contributed by atoms with E-state index in [0.29, 0.717) is 11.3 Å². The molecule has 2 fully saturated rings. The lowest BCUT2D eigenvalue weighted by atomic mass is 9.72. The lowest BCUT2D eigenvalue weighted by molar-refractivity contribution is -0.122. The molecule has 148 valence electrons. The molecule has 0 aromatic heterocycles. The monoisotopic (exact) mass is 368 g/mol. The van der Waals surface area contributed by atoms with Gasteiger partial charge in [-0.3, -0.25) is 4.79 Å². The van der Waals surface area contributed by atoms with Crippen molar-refractivity contribution in [3.8, 4) is 0 Å². The lowest BCUT2D eigenvalue weighted by Crippen LogP contribution is -2.28. The van der Waals surface area contributed by atoms with Crippen LogP contribution in [0.15, 0.2) is 29.4 Å². The standard InChI is InChI=1S/C24H36N2O/c1-23(2,3)17-9-7-16(8-10-17)20-15-21(20)22(27)26-25-19-13-11-18(12-14-19)24(4,5)6/h7-10,18,20-21H,11-15H2,1-6H3,(H,26,27)/t18?,20-,21-/m0/s1. The number of amides is 1. The number of hydrazone groups is 1. The average molecular weight is 369 g/mol. The molecule has 0 spiro atoms. The predicted molar refractivity (Wildman–Crippen MR) is 113 cm³/mol. The summed E-state index contributed by atoms with van der Waals surface area (Å²) in [7, 11) is 0. The summed E-state index contributed by atoms with van der Waals surface area (Å²) in [6.07, 6.45) is 5.35. The lowest BCUT2D eigenvalue weighted by Gasteiger charge is -2.34. The Hall–Kier alpha value is -1.64. The van der Waals surface area contributed by atoms with Crippen LogP contribution in [0.5, 0.6) is 0 Å². The number of rotatable bonds is 3. The normalized spacial score (nSPS) is 25.9. The summed E-state index contributed by atoms with van der Waals surface area (Å²) >= 11 is 0. The van der Waals surface area contributed by atoms with Gasteiger partial charge in [0.2, 0.25) is 5.91 Å². The fraction of sp³-hybridized carbons (Fsp3) is 0.667. The quantitative estimate of drug-likeness (QED) is 0.673. The highest BCUT2D eigenvalue weighted by Gasteiger charge is 2.44. The van der Waals surface area contributed by atoms with Crippen LogP contribution in [0.25, 0.3) is 0 Å². The minimum Gasteiger partial charge on any atom is -0.273 e. The molecule has 1 N–H and O–H groups in total. The number of carbonyl (C=O) groups excluding carboxylic acids is 1. The molecule has 1 aromatic rings. The molecule has 2 aliphatic rings. The summed E-state index contributed by atoms with van der Waals surface area (Å²) < 4.78 is 0. The molecule has 27 heavy (non-hydrogen) atoms. The Morgan fingerprint density at radius 3 is 2.11 bits per heavy atom. The van der Waals surface area contributed by atoms with E-state index >= 15 is 0 Å². The van der Waals surface area contributed by atoms with Crippen molar-refractivity contribution in [2.75, 3.05) is 0 Å². The highest BCUT2D eigenvalue weighted by molar-refractivity contribution is 5.88. The fourth-order valence-electron chi connectivity index (χ4n) is 4.23. The number of nitrogens with one attached hydrogen (secondary N) is 1. The summed E-state index contributed by atoms with van der Waals surface area (Å²) in [5.41, 5.74) is 7.17. The first-order chi connectivity index (χ1) is 12.6. The molecule has 0 radical (unpaired) electrons. The first kappa shape index (κ1) is 20.1. The summed E-state index contributed by atoms with van der Waals surface area (Å²) in [5, 5.41) is 4.45. The van der Waals surface area contributed by atoms with Gasteiger partial charge in [0.15, 0.2) is 0 Å². The van der Waals surface area contributed by atoms with Crippen LogP contribution in [-0.2, 0) is 10.2 Å². The van der Waals surface area contributed by atoms with Crippen LogP contribution >= 0.6 is 0 Å². The van der Waals surface area contributed by atoms with Gasteiger partial charge < -0.3 is 0 Å². The third-order valence-corrected chi connectivity index (χ3v) is 6.44. The van der Waals surface area contributed by atoms with Gasteiger partial charge in [-0.25, -0.2) is 5.43 Å². The molecule has 0 bridgehead atoms. The molecule has 2 aliphatic carbocycles. The van der Waals surface area contributed by atoms with Crippen LogP contribution in [0.1, 0.15) is 90.7 Å². The van der Waals surface area contributed by atoms with Gasteiger partial charge in [0.05, 0.1) is 0 Å². The van der Waals surface area contributed by atoms with E-state index in [2.05, 4.69) is 76.3 Å². The van der Waals surface area contributed by atoms with E-state index in [1.54, 1.807) is 0 Å². The zero-order chi connectivity index (χ0) is 19.8. The molecule has 3 rings (SSSR count). The van der Waals surface area contributed by atoms with Gasteiger partial charge in [-0.1, -0.05) is 65.8 Å². The Bertz CT molecular complexity index is 693. The third-order valence-electron chi connectivity index (χ3n) is 6.44. The van der Waals surface area contributed by atoms with Crippen molar-refractivity contribution in [3.05, 3.63) is 35.4 Å². The summed E-state index contributed by atoms with van der Waals surface area (Å²) in [6.45, 7) is 13.6. The maximum Gasteiger partial charge on any atom is 0.243 e. The van der Waals surface area contributed by atoms with Crippen molar-refractivity contribution in [2.45, 2.75) is 85.0 Å². The topological polar surface area (TPSA) is 41.5 Å². The van der Waals surface area contributed by atoms with E-state index in [1.165, 1.54) is 24.0 Å².